The Bertz CT molecular complexity index is 759. The average molecular weight is 354 g/mol. The van der Waals surface area contributed by atoms with Crippen LogP contribution in [0, 0.1) is 11.3 Å². The van der Waals surface area contributed by atoms with Crippen molar-refractivity contribution in [1.29, 1.82) is 5.26 Å². The van der Waals surface area contributed by atoms with Crippen LogP contribution in [0.2, 0.25) is 0 Å². The summed E-state index contributed by atoms with van der Waals surface area (Å²) in [5.74, 6) is 0.471. The molecule has 26 heavy (non-hydrogen) atoms. The van der Waals surface area contributed by atoms with Crippen molar-refractivity contribution in [1.82, 2.24) is 9.97 Å². The Balaban J connectivity index is 2.48. The molecule has 2 rings (SSSR count). The van der Waals surface area contributed by atoms with Gasteiger partial charge in [0.25, 0.3) is 0 Å². The quantitative estimate of drug-likeness (QED) is 0.640. The molecule has 1 aromatic heterocycles. The lowest BCUT2D eigenvalue weighted by Gasteiger charge is -2.24. The number of carbonyl (C=O) groups excluding carboxylic acids is 1. The molecule has 0 saturated carbocycles. The van der Waals surface area contributed by atoms with Crippen LogP contribution in [0.1, 0.15) is 23.7 Å². The second kappa shape index (κ2) is 10.1. The molecule has 0 atom stereocenters. The zero-order valence-corrected chi connectivity index (χ0v) is 15.0. The summed E-state index contributed by atoms with van der Waals surface area (Å²) in [4.78, 5) is 23.1. The van der Waals surface area contributed by atoms with E-state index in [9.17, 15) is 4.79 Å². The highest BCUT2D eigenvalue weighted by atomic mass is 16.5. The molecule has 7 heteroatoms. The molecule has 2 aromatic rings. The van der Waals surface area contributed by atoms with Gasteiger partial charge in [0.05, 0.1) is 25.7 Å². The van der Waals surface area contributed by atoms with Crippen LogP contribution in [0.25, 0.3) is 11.4 Å². The smallest absolute Gasteiger partial charge is 0.343 e. The first-order chi connectivity index (χ1) is 12.7. The third kappa shape index (κ3) is 5.01. The van der Waals surface area contributed by atoms with Gasteiger partial charge >= 0.3 is 5.97 Å². The number of hydrogen-bond donors (Lipinski definition) is 0. The van der Waals surface area contributed by atoms with Crippen LogP contribution in [-0.4, -0.2) is 49.4 Å². The van der Waals surface area contributed by atoms with Crippen LogP contribution >= 0.6 is 0 Å². The van der Waals surface area contributed by atoms with Crippen molar-refractivity contribution < 1.29 is 14.3 Å². The first-order valence-corrected chi connectivity index (χ1v) is 8.41. The number of nitriles is 1. The maximum absolute atomic E-state index is 12.3. The molecule has 0 fully saturated rings. The standard InChI is InChI=1S/C19H22N4O3/c1-3-26-19(24)16-14-21-17(15-8-5-4-6-9-15)22-18(16)23(11-7-10-20)12-13-25-2/h4-6,8-9,14H,3,7,11-13H2,1-2H3. The number of methoxy groups -OCH3 is 1. The highest BCUT2D eigenvalue weighted by Crippen LogP contribution is 2.23. The lowest BCUT2D eigenvalue weighted by Crippen LogP contribution is -2.31. The zero-order valence-electron chi connectivity index (χ0n) is 15.0. The van der Waals surface area contributed by atoms with Gasteiger partial charge in [-0.25, -0.2) is 14.8 Å². The van der Waals surface area contributed by atoms with Crippen molar-refractivity contribution in [3.63, 3.8) is 0 Å². The monoisotopic (exact) mass is 354 g/mol. The number of aromatic nitrogens is 2. The number of nitrogens with zero attached hydrogens (tertiary/aromatic N) is 4. The van der Waals surface area contributed by atoms with E-state index in [-0.39, 0.29) is 12.2 Å². The van der Waals surface area contributed by atoms with E-state index in [2.05, 4.69) is 16.0 Å². The van der Waals surface area contributed by atoms with Gasteiger partial charge in [-0.05, 0) is 6.92 Å². The van der Waals surface area contributed by atoms with Gasteiger partial charge in [0, 0.05) is 32.0 Å². The highest BCUT2D eigenvalue weighted by Gasteiger charge is 2.21. The molecular formula is C19H22N4O3. The summed E-state index contributed by atoms with van der Waals surface area (Å²) in [7, 11) is 1.60. The topological polar surface area (TPSA) is 88.3 Å². The summed E-state index contributed by atoms with van der Waals surface area (Å²) in [6, 6.07) is 11.6. The van der Waals surface area contributed by atoms with Gasteiger partial charge in [-0.2, -0.15) is 5.26 Å². The summed E-state index contributed by atoms with van der Waals surface area (Å²) in [6.45, 7) is 3.37. The van der Waals surface area contributed by atoms with E-state index < -0.39 is 5.97 Å². The number of benzene rings is 1. The van der Waals surface area contributed by atoms with E-state index in [4.69, 9.17) is 14.7 Å². The molecule has 0 amide bonds. The maximum atomic E-state index is 12.3. The largest absolute Gasteiger partial charge is 0.462 e. The molecular weight excluding hydrogens is 332 g/mol. The van der Waals surface area contributed by atoms with Crippen LogP contribution in [0.5, 0.6) is 0 Å². The summed E-state index contributed by atoms with van der Waals surface area (Å²) < 4.78 is 10.3. The SMILES string of the molecule is CCOC(=O)c1cnc(-c2ccccc2)nc1N(CCC#N)CCOC. The zero-order chi connectivity index (χ0) is 18.8. The van der Waals surface area contributed by atoms with Crippen molar-refractivity contribution in [2.75, 3.05) is 38.3 Å². The third-order valence-electron chi connectivity index (χ3n) is 3.65. The minimum Gasteiger partial charge on any atom is -0.462 e. The normalized spacial score (nSPS) is 10.2. The molecule has 0 radical (unpaired) electrons. The van der Waals surface area contributed by atoms with Crippen LogP contribution in [0.15, 0.2) is 36.5 Å². The molecule has 0 spiro atoms. The third-order valence-corrected chi connectivity index (χ3v) is 3.65. The summed E-state index contributed by atoms with van der Waals surface area (Å²) in [5, 5.41) is 8.95. The Labute approximate surface area is 153 Å². The Morgan fingerprint density at radius 2 is 2.04 bits per heavy atom. The predicted molar refractivity (Wildman–Crippen MR) is 97.7 cm³/mol. The van der Waals surface area contributed by atoms with E-state index in [1.54, 1.807) is 14.0 Å². The number of esters is 1. The minimum absolute atomic E-state index is 0.259. The highest BCUT2D eigenvalue weighted by molar-refractivity contribution is 5.94. The number of carbonyl (C=O) groups is 1. The van der Waals surface area contributed by atoms with Gasteiger partial charge < -0.3 is 14.4 Å². The second-order valence-corrected chi connectivity index (χ2v) is 5.41. The fourth-order valence-corrected chi connectivity index (χ4v) is 2.40. The van der Waals surface area contributed by atoms with E-state index in [1.165, 1.54) is 6.20 Å². The van der Waals surface area contributed by atoms with Crippen molar-refractivity contribution >= 4 is 11.8 Å². The fraction of sp³-hybridized carbons (Fsp3) is 0.368. The predicted octanol–water partition coefficient (Wildman–Crippen LogP) is 2.69. The summed E-state index contributed by atoms with van der Waals surface area (Å²) in [5.41, 5.74) is 1.12. The first kappa shape index (κ1) is 19.3. The van der Waals surface area contributed by atoms with E-state index in [1.807, 2.05) is 35.2 Å². The lowest BCUT2D eigenvalue weighted by atomic mass is 10.2. The molecule has 1 heterocycles. The molecule has 1 aromatic carbocycles. The molecule has 0 saturated heterocycles. The van der Waals surface area contributed by atoms with Crippen LogP contribution in [0.4, 0.5) is 5.82 Å². The Hall–Kier alpha value is -2.98. The van der Waals surface area contributed by atoms with E-state index >= 15 is 0 Å². The molecule has 0 aliphatic heterocycles. The summed E-state index contributed by atoms with van der Waals surface area (Å²) in [6.07, 6.45) is 1.78. The second-order valence-electron chi connectivity index (χ2n) is 5.41. The van der Waals surface area contributed by atoms with Crippen LogP contribution in [0.3, 0.4) is 0 Å². The van der Waals surface area contributed by atoms with Gasteiger partial charge in [0.2, 0.25) is 0 Å². The fourth-order valence-electron chi connectivity index (χ4n) is 2.40. The number of hydrogen-bond acceptors (Lipinski definition) is 7. The lowest BCUT2D eigenvalue weighted by molar-refractivity contribution is 0.0526. The minimum atomic E-state index is -0.485. The molecule has 0 N–H and O–H groups in total. The van der Waals surface area contributed by atoms with Gasteiger partial charge in [0.1, 0.15) is 11.4 Å². The van der Waals surface area contributed by atoms with E-state index in [0.717, 1.165) is 5.56 Å². The van der Waals surface area contributed by atoms with Crippen LogP contribution < -0.4 is 4.90 Å². The average Bonchev–Trinajstić information content (AvgIpc) is 2.68. The molecule has 0 aliphatic carbocycles. The number of anilines is 1. The van der Waals surface area contributed by atoms with Crippen LogP contribution in [-0.2, 0) is 9.47 Å². The Morgan fingerprint density at radius 1 is 1.27 bits per heavy atom. The summed E-state index contributed by atoms with van der Waals surface area (Å²) >= 11 is 0. The van der Waals surface area contributed by atoms with Crippen molar-refractivity contribution in [3.8, 4) is 17.5 Å². The molecule has 0 aliphatic rings. The van der Waals surface area contributed by atoms with E-state index in [0.29, 0.717) is 37.8 Å². The molecule has 136 valence electrons. The van der Waals surface area contributed by atoms with Gasteiger partial charge in [-0.15, -0.1) is 0 Å². The first-order valence-electron chi connectivity index (χ1n) is 8.41. The molecule has 7 nitrogen and oxygen atoms in total. The van der Waals surface area contributed by atoms with Crippen molar-refractivity contribution in [3.05, 3.63) is 42.1 Å². The van der Waals surface area contributed by atoms with Gasteiger partial charge in [0.15, 0.2) is 5.82 Å². The van der Waals surface area contributed by atoms with Gasteiger partial charge in [-0.1, -0.05) is 30.3 Å². The Morgan fingerprint density at radius 3 is 2.69 bits per heavy atom. The number of ether oxygens (including phenoxy) is 2. The maximum Gasteiger partial charge on any atom is 0.343 e. The van der Waals surface area contributed by atoms with Crippen molar-refractivity contribution in [2.24, 2.45) is 0 Å². The molecule has 0 unspecified atom stereocenters. The van der Waals surface area contributed by atoms with Crippen molar-refractivity contribution in [2.45, 2.75) is 13.3 Å². The van der Waals surface area contributed by atoms with Gasteiger partial charge in [-0.3, -0.25) is 0 Å². The molecule has 0 bridgehead atoms. The Kier molecular flexibility index (Phi) is 7.52. The number of rotatable bonds is 9.